The summed E-state index contributed by atoms with van der Waals surface area (Å²) in [7, 11) is 4.66. The van der Waals surface area contributed by atoms with E-state index in [4.69, 9.17) is 9.47 Å². The summed E-state index contributed by atoms with van der Waals surface area (Å²) in [4.78, 5) is 13.9. The van der Waals surface area contributed by atoms with Crippen LogP contribution in [0.1, 0.15) is 10.4 Å². The van der Waals surface area contributed by atoms with E-state index in [1.807, 2.05) is 0 Å². The van der Waals surface area contributed by atoms with Crippen molar-refractivity contribution in [3.05, 3.63) is 48.0 Å². The van der Waals surface area contributed by atoms with Crippen LogP contribution in [-0.4, -0.2) is 32.3 Å². The number of aromatic hydroxyl groups is 1. The molecule has 5 heteroatoms. The van der Waals surface area contributed by atoms with E-state index in [1.54, 1.807) is 56.6 Å². The lowest BCUT2D eigenvalue weighted by Crippen LogP contribution is -2.26. The Labute approximate surface area is 123 Å². The number of carbonyl (C=O) groups is 1. The molecule has 1 amide bonds. The largest absolute Gasteiger partial charge is 0.504 e. The molecule has 110 valence electrons. The molecular formula is C16H17NO4. The lowest BCUT2D eigenvalue weighted by molar-refractivity contribution is 0.0990. The summed E-state index contributed by atoms with van der Waals surface area (Å²) in [5.74, 6) is 0.495. The van der Waals surface area contributed by atoms with Gasteiger partial charge in [-0.1, -0.05) is 6.07 Å². The average Bonchev–Trinajstić information content (AvgIpc) is 2.54. The van der Waals surface area contributed by atoms with Gasteiger partial charge in [-0.15, -0.1) is 0 Å². The summed E-state index contributed by atoms with van der Waals surface area (Å²) in [6, 6.07) is 11.9. The van der Waals surface area contributed by atoms with Crippen molar-refractivity contribution >= 4 is 11.6 Å². The van der Waals surface area contributed by atoms with Crippen LogP contribution in [0.4, 0.5) is 5.69 Å². The number of phenols is 1. The summed E-state index contributed by atoms with van der Waals surface area (Å²) >= 11 is 0. The number of rotatable bonds is 4. The minimum Gasteiger partial charge on any atom is -0.504 e. The molecule has 5 nitrogen and oxygen atoms in total. The lowest BCUT2D eigenvalue weighted by Gasteiger charge is -2.19. The van der Waals surface area contributed by atoms with Gasteiger partial charge in [0.25, 0.3) is 5.91 Å². The van der Waals surface area contributed by atoms with Crippen LogP contribution in [0.25, 0.3) is 0 Å². The molecule has 0 unspecified atom stereocenters. The third-order valence-corrected chi connectivity index (χ3v) is 3.21. The predicted molar refractivity (Wildman–Crippen MR) is 80.4 cm³/mol. The zero-order valence-electron chi connectivity index (χ0n) is 12.2. The van der Waals surface area contributed by atoms with Crippen molar-refractivity contribution in [2.24, 2.45) is 0 Å². The molecule has 0 saturated heterocycles. The zero-order chi connectivity index (χ0) is 15.4. The fourth-order valence-electron chi connectivity index (χ4n) is 1.96. The maximum atomic E-state index is 12.5. The number of benzene rings is 2. The third kappa shape index (κ3) is 2.91. The molecule has 0 aliphatic carbocycles. The summed E-state index contributed by atoms with van der Waals surface area (Å²) in [6.07, 6.45) is 0. The van der Waals surface area contributed by atoms with Crippen molar-refractivity contribution in [3.8, 4) is 17.2 Å². The number of hydrogen-bond acceptors (Lipinski definition) is 4. The molecule has 0 aromatic heterocycles. The van der Waals surface area contributed by atoms with Gasteiger partial charge in [0.2, 0.25) is 0 Å². The van der Waals surface area contributed by atoms with E-state index in [1.165, 1.54) is 12.0 Å². The van der Waals surface area contributed by atoms with Crippen molar-refractivity contribution in [3.63, 3.8) is 0 Å². The highest BCUT2D eigenvalue weighted by Gasteiger charge is 2.19. The molecule has 0 spiro atoms. The fourth-order valence-corrected chi connectivity index (χ4v) is 1.96. The molecule has 0 aliphatic rings. The van der Waals surface area contributed by atoms with Crippen molar-refractivity contribution < 1.29 is 19.4 Å². The maximum absolute atomic E-state index is 12.5. The molecule has 2 aromatic carbocycles. The topological polar surface area (TPSA) is 59.0 Å². The van der Waals surface area contributed by atoms with E-state index in [9.17, 15) is 9.90 Å². The van der Waals surface area contributed by atoms with Gasteiger partial charge in [-0.05, 0) is 36.4 Å². The second kappa shape index (κ2) is 6.17. The Morgan fingerprint density at radius 3 is 2.29 bits per heavy atom. The number of amides is 1. The van der Waals surface area contributed by atoms with Gasteiger partial charge in [0, 0.05) is 12.7 Å². The van der Waals surface area contributed by atoms with Crippen LogP contribution in [0, 0.1) is 0 Å². The van der Waals surface area contributed by atoms with Gasteiger partial charge >= 0.3 is 0 Å². The molecule has 2 rings (SSSR count). The monoisotopic (exact) mass is 287 g/mol. The number of nitrogens with zero attached hydrogens (tertiary/aromatic N) is 1. The van der Waals surface area contributed by atoms with Crippen molar-refractivity contribution in [1.29, 1.82) is 0 Å². The number of ether oxygens (including phenoxy) is 2. The minimum atomic E-state index is -0.323. The lowest BCUT2D eigenvalue weighted by atomic mass is 10.1. The number of para-hydroxylation sites is 1. The Balaban J connectivity index is 2.30. The van der Waals surface area contributed by atoms with Crippen LogP contribution in [0.2, 0.25) is 0 Å². The molecular weight excluding hydrogens is 270 g/mol. The van der Waals surface area contributed by atoms with Gasteiger partial charge in [-0.3, -0.25) is 4.79 Å². The van der Waals surface area contributed by atoms with Gasteiger partial charge in [-0.2, -0.15) is 0 Å². The standard InChI is InChI=1S/C16H17NO4/c1-17(11-7-9-12(20-2)10-8-11)16(19)13-5-4-6-14(21-3)15(13)18/h4-10,18H,1-3H3. The van der Waals surface area contributed by atoms with E-state index in [0.29, 0.717) is 11.4 Å². The molecule has 0 fully saturated rings. The first kappa shape index (κ1) is 14.7. The number of methoxy groups -OCH3 is 2. The van der Waals surface area contributed by atoms with Crippen molar-refractivity contribution in [2.75, 3.05) is 26.2 Å². The molecule has 2 aromatic rings. The van der Waals surface area contributed by atoms with E-state index in [-0.39, 0.29) is 23.0 Å². The summed E-state index contributed by atoms with van der Waals surface area (Å²) in [6.45, 7) is 0. The van der Waals surface area contributed by atoms with E-state index in [0.717, 1.165) is 0 Å². The van der Waals surface area contributed by atoms with Crippen molar-refractivity contribution in [1.82, 2.24) is 0 Å². The predicted octanol–water partition coefficient (Wildman–Crippen LogP) is 2.69. The quantitative estimate of drug-likeness (QED) is 0.939. The molecule has 0 heterocycles. The van der Waals surface area contributed by atoms with E-state index < -0.39 is 0 Å². The van der Waals surface area contributed by atoms with Crippen LogP contribution in [0.3, 0.4) is 0 Å². The average molecular weight is 287 g/mol. The van der Waals surface area contributed by atoms with E-state index >= 15 is 0 Å². The van der Waals surface area contributed by atoms with Crippen LogP contribution in [-0.2, 0) is 0 Å². The van der Waals surface area contributed by atoms with E-state index in [2.05, 4.69) is 0 Å². The third-order valence-electron chi connectivity index (χ3n) is 3.21. The Hall–Kier alpha value is -2.69. The number of phenolic OH excluding ortho intramolecular Hbond substituents is 1. The molecule has 0 radical (unpaired) electrons. The first-order valence-electron chi connectivity index (χ1n) is 6.36. The highest BCUT2D eigenvalue weighted by molar-refractivity contribution is 6.08. The Morgan fingerprint density at radius 1 is 1.05 bits per heavy atom. The van der Waals surface area contributed by atoms with Crippen LogP contribution < -0.4 is 14.4 Å². The Morgan fingerprint density at radius 2 is 1.71 bits per heavy atom. The van der Waals surface area contributed by atoms with Crippen LogP contribution in [0.5, 0.6) is 17.2 Å². The molecule has 0 saturated carbocycles. The Bertz CT molecular complexity index is 637. The van der Waals surface area contributed by atoms with Gasteiger partial charge in [-0.25, -0.2) is 0 Å². The molecule has 21 heavy (non-hydrogen) atoms. The second-order valence-corrected chi connectivity index (χ2v) is 4.42. The SMILES string of the molecule is COc1ccc(N(C)C(=O)c2cccc(OC)c2O)cc1. The highest BCUT2D eigenvalue weighted by Crippen LogP contribution is 2.31. The minimum absolute atomic E-state index is 0.162. The second-order valence-electron chi connectivity index (χ2n) is 4.42. The number of hydrogen-bond donors (Lipinski definition) is 1. The number of carbonyl (C=O) groups excluding carboxylic acids is 1. The Kier molecular flexibility index (Phi) is 4.33. The molecule has 0 bridgehead atoms. The number of anilines is 1. The van der Waals surface area contributed by atoms with Crippen molar-refractivity contribution in [2.45, 2.75) is 0 Å². The van der Waals surface area contributed by atoms with Gasteiger partial charge < -0.3 is 19.5 Å². The molecule has 0 atom stereocenters. The van der Waals surface area contributed by atoms with Gasteiger partial charge in [0.15, 0.2) is 11.5 Å². The molecule has 1 N–H and O–H groups in total. The first-order valence-corrected chi connectivity index (χ1v) is 6.36. The summed E-state index contributed by atoms with van der Waals surface area (Å²) in [5.41, 5.74) is 0.885. The van der Waals surface area contributed by atoms with Crippen LogP contribution >= 0.6 is 0 Å². The van der Waals surface area contributed by atoms with Gasteiger partial charge in [0.05, 0.1) is 19.8 Å². The smallest absolute Gasteiger partial charge is 0.261 e. The normalized spacial score (nSPS) is 10.0. The van der Waals surface area contributed by atoms with Crippen LogP contribution in [0.15, 0.2) is 42.5 Å². The summed E-state index contributed by atoms with van der Waals surface area (Å²) in [5, 5.41) is 10.0. The fraction of sp³-hybridized carbons (Fsp3) is 0.188. The van der Waals surface area contributed by atoms with Gasteiger partial charge in [0.1, 0.15) is 5.75 Å². The zero-order valence-corrected chi connectivity index (χ0v) is 12.2. The summed E-state index contributed by atoms with van der Waals surface area (Å²) < 4.78 is 10.1. The first-order chi connectivity index (χ1) is 10.1. The maximum Gasteiger partial charge on any atom is 0.261 e. The molecule has 0 aliphatic heterocycles. The highest BCUT2D eigenvalue weighted by atomic mass is 16.5.